The maximum Gasteiger partial charge on any atom is 0.0670 e. The molecule has 0 aliphatic heterocycles. The van der Waals surface area contributed by atoms with E-state index < -0.39 is 0 Å². The summed E-state index contributed by atoms with van der Waals surface area (Å²) in [5.74, 6) is 0. The molecule has 2 N–H and O–H groups in total. The van der Waals surface area contributed by atoms with Crippen molar-refractivity contribution >= 4 is 28.9 Å². The lowest BCUT2D eigenvalue weighted by atomic mass is 10.1. The second-order valence-electron chi connectivity index (χ2n) is 2.30. The van der Waals surface area contributed by atoms with Crippen LogP contribution in [0.3, 0.4) is 0 Å². The number of nitrogens with zero attached hydrogens (tertiary/aromatic N) is 1. The van der Waals surface area contributed by atoms with Crippen LogP contribution in [0.4, 0.5) is 5.69 Å². The highest BCUT2D eigenvalue weighted by atomic mass is 35.5. The van der Waals surface area contributed by atoms with E-state index in [1.54, 1.807) is 12.1 Å². The predicted octanol–water partition coefficient (Wildman–Crippen LogP) is 2.64. The van der Waals surface area contributed by atoms with Crippen LogP contribution in [-0.2, 0) is 6.42 Å². The summed E-state index contributed by atoms with van der Waals surface area (Å²) in [6, 6.07) is 5.15. The Balaban J connectivity index is 3.16. The van der Waals surface area contributed by atoms with Crippen molar-refractivity contribution in [2.24, 2.45) is 0 Å². The van der Waals surface area contributed by atoms with E-state index in [-0.39, 0.29) is 6.42 Å². The van der Waals surface area contributed by atoms with Crippen molar-refractivity contribution in [3.8, 4) is 6.07 Å². The Kier molecular flexibility index (Phi) is 2.80. The summed E-state index contributed by atoms with van der Waals surface area (Å²) in [6.07, 6.45) is 0.250. The third-order valence-corrected chi connectivity index (χ3v) is 2.11. The van der Waals surface area contributed by atoms with Gasteiger partial charge in [-0.3, -0.25) is 0 Å². The molecule has 1 rings (SSSR count). The Bertz CT molecular complexity index is 342. The number of hydrogen-bond donors (Lipinski definition) is 1. The Morgan fingerprint density at radius 2 is 2.00 bits per heavy atom. The van der Waals surface area contributed by atoms with Gasteiger partial charge in [0.15, 0.2) is 0 Å². The molecule has 1 aromatic carbocycles. The van der Waals surface area contributed by atoms with Crippen LogP contribution in [0.15, 0.2) is 12.1 Å². The van der Waals surface area contributed by atoms with E-state index in [9.17, 15) is 0 Å². The molecule has 0 aliphatic carbocycles. The van der Waals surface area contributed by atoms with Crippen molar-refractivity contribution in [1.82, 2.24) is 0 Å². The fraction of sp³-hybridized carbons (Fsp3) is 0.125. The molecule has 0 saturated carbocycles. The summed E-state index contributed by atoms with van der Waals surface area (Å²) in [5, 5.41) is 9.32. The summed E-state index contributed by atoms with van der Waals surface area (Å²) < 4.78 is 0. The first-order valence-electron chi connectivity index (χ1n) is 3.25. The van der Waals surface area contributed by atoms with Crippen molar-refractivity contribution in [2.75, 3.05) is 5.73 Å². The maximum atomic E-state index is 8.42. The number of nitriles is 1. The van der Waals surface area contributed by atoms with Crippen LogP contribution >= 0.6 is 23.2 Å². The maximum absolute atomic E-state index is 8.42. The third kappa shape index (κ3) is 1.82. The van der Waals surface area contributed by atoms with Gasteiger partial charge in [-0.25, -0.2) is 0 Å². The summed E-state index contributed by atoms with van der Waals surface area (Å²) in [6.45, 7) is 0. The van der Waals surface area contributed by atoms with Gasteiger partial charge < -0.3 is 5.73 Å². The van der Waals surface area contributed by atoms with Gasteiger partial charge in [0.25, 0.3) is 0 Å². The van der Waals surface area contributed by atoms with Crippen LogP contribution < -0.4 is 5.73 Å². The van der Waals surface area contributed by atoms with Crippen LogP contribution in [-0.4, -0.2) is 0 Å². The standard InChI is InChI=1S/C8H6Cl2N2/c9-6-4-7(10)8(12)3-5(6)1-2-11/h3-4H,1,12H2. The molecule has 62 valence electrons. The predicted molar refractivity (Wildman–Crippen MR) is 50.2 cm³/mol. The summed E-state index contributed by atoms with van der Waals surface area (Å²) in [4.78, 5) is 0. The van der Waals surface area contributed by atoms with Crippen LogP contribution in [0, 0.1) is 11.3 Å². The van der Waals surface area contributed by atoms with E-state index >= 15 is 0 Å². The Morgan fingerprint density at radius 1 is 1.33 bits per heavy atom. The van der Waals surface area contributed by atoms with Crippen molar-refractivity contribution in [3.05, 3.63) is 27.7 Å². The molecule has 12 heavy (non-hydrogen) atoms. The molecular formula is C8H6Cl2N2. The van der Waals surface area contributed by atoms with Crippen LogP contribution in [0.25, 0.3) is 0 Å². The third-order valence-electron chi connectivity index (χ3n) is 1.44. The highest BCUT2D eigenvalue weighted by molar-refractivity contribution is 6.36. The normalized spacial score (nSPS) is 9.42. The molecule has 2 nitrogen and oxygen atoms in total. The van der Waals surface area contributed by atoms with Gasteiger partial charge in [-0.1, -0.05) is 23.2 Å². The molecule has 0 aliphatic rings. The zero-order chi connectivity index (χ0) is 9.14. The zero-order valence-corrected chi connectivity index (χ0v) is 7.65. The molecule has 0 amide bonds. The number of hydrogen-bond acceptors (Lipinski definition) is 2. The Hall–Kier alpha value is -0.910. The first kappa shape index (κ1) is 9.18. The van der Waals surface area contributed by atoms with Crippen LogP contribution in [0.2, 0.25) is 10.0 Å². The monoisotopic (exact) mass is 200 g/mol. The SMILES string of the molecule is N#CCc1cc(N)c(Cl)cc1Cl. The van der Waals surface area contributed by atoms with Crippen LogP contribution in [0.5, 0.6) is 0 Å². The first-order valence-corrected chi connectivity index (χ1v) is 4.01. The molecule has 0 radical (unpaired) electrons. The minimum atomic E-state index is 0.250. The lowest BCUT2D eigenvalue weighted by Crippen LogP contribution is -1.90. The number of nitrogen functional groups attached to an aromatic ring is 1. The minimum Gasteiger partial charge on any atom is -0.398 e. The van der Waals surface area contributed by atoms with E-state index in [0.717, 1.165) is 0 Å². The molecular weight excluding hydrogens is 195 g/mol. The smallest absolute Gasteiger partial charge is 0.0670 e. The summed E-state index contributed by atoms with van der Waals surface area (Å²) >= 11 is 11.5. The van der Waals surface area contributed by atoms with Gasteiger partial charge in [0.2, 0.25) is 0 Å². The number of halogens is 2. The van der Waals surface area contributed by atoms with Gasteiger partial charge in [0, 0.05) is 5.02 Å². The summed E-state index contributed by atoms with van der Waals surface area (Å²) in [7, 11) is 0. The molecule has 0 fully saturated rings. The molecule has 1 aromatic rings. The second-order valence-corrected chi connectivity index (χ2v) is 3.11. The van der Waals surface area contributed by atoms with Gasteiger partial charge in [0.1, 0.15) is 0 Å². The molecule has 0 saturated heterocycles. The number of anilines is 1. The van der Waals surface area contributed by atoms with Gasteiger partial charge in [0.05, 0.1) is 23.2 Å². The fourth-order valence-corrected chi connectivity index (χ4v) is 1.28. The van der Waals surface area contributed by atoms with E-state index in [0.29, 0.717) is 21.3 Å². The van der Waals surface area contributed by atoms with Gasteiger partial charge in [-0.15, -0.1) is 0 Å². The first-order chi connectivity index (χ1) is 5.65. The van der Waals surface area contributed by atoms with Gasteiger partial charge in [-0.2, -0.15) is 5.26 Å². The van der Waals surface area contributed by atoms with Crippen molar-refractivity contribution in [1.29, 1.82) is 5.26 Å². The van der Waals surface area contributed by atoms with Crippen molar-refractivity contribution in [3.63, 3.8) is 0 Å². The average Bonchev–Trinajstić information content (AvgIpc) is 2.01. The quantitative estimate of drug-likeness (QED) is 0.710. The van der Waals surface area contributed by atoms with E-state index in [4.69, 9.17) is 34.2 Å². The van der Waals surface area contributed by atoms with E-state index in [1.165, 1.54) is 0 Å². The minimum absolute atomic E-state index is 0.250. The molecule has 0 spiro atoms. The topological polar surface area (TPSA) is 49.8 Å². The van der Waals surface area contributed by atoms with Crippen LogP contribution in [0.1, 0.15) is 5.56 Å². The molecule has 0 heterocycles. The van der Waals surface area contributed by atoms with Gasteiger partial charge in [-0.05, 0) is 17.7 Å². The highest BCUT2D eigenvalue weighted by Crippen LogP contribution is 2.27. The lowest BCUT2D eigenvalue weighted by molar-refractivity contribution is 1.26. The second kappa shape index (κ2) is 3.66. The highest BCUT2D eigenvalue weighted by Gasteiger charge is 2.03. The van der Waals surface area contributed by atoms with Crippen molar-refractivity contribution in [2.45, 2.75) is 6.42 Å². The molecule has 4 heteroatoms. The molecule has 0 atom stereocenters. The zero-order valence-electron chi connectivity index (χ0n) is 6.14. The molecule has 0 bridgehead atoms. The van der Waals surface area contributed by atoms with E-state index in [1.807, 2.05) is 6.07 Å². The van der Waals surface area contributed by atoms with Gasteiger partial charge >= 0.3 is 0 Å². The summed E-state index contributed by atoms with van der Waals surface area (Å²) in [5.41, 5.74) is 6.68. The number of benzene rings is 1. The lowest BCUT2D eigenvalue weighted by Gasteiger charge is -2.02. The average molecular weight is 201 g/mol. The number of rotatable bonds is 1. The van der Waals surface area contributed by atoms with E-state index in [2.05, 4.69) is 0 Å². The fourth-order valence-electron chi connectivity index (χ4n) is 0.834. The Labute approximate surface area is 80.5 Å². The molecule has 0 aromatic heterocycles. The largest absolute Gasteiger partial charge is 0.398 e. The Morgan fingerprint density at radius 3 is 2.58 bits per heavy atom. The van der Waals surface area contributed by atoms with Crippen molar-refractivity contribution < 1.29 is 0 Å². The molecule has 0 unspecified atom stereocenters. The number of nitrogens with two attached hydrogens (primary N) is 1.